The fourth-order valence-electron chi connectivity index (χ4n) is 2.90. The van der Waals surface area contributed by atoms with Gasteiger partial charge in [0.25, 0.3) is 0 Å². The molecule has 2 aromatic carbocycles. The van der Waals surface area contributed by atoms with Crippen molar-refractivity contribution in [3.05, 3.63) is 94.2 Å². The van der Waals surface area contributed by atoms with Gasteiger partial charge in [0.2, 0.25) is 0 Å². The molecule has 0 amide bonds. The monoisotopic (exact) mass is 408 g/mol. The standard InChI is InChI=1S/C22H14Cl2N2O2/c23-18-5-3-6-19(24)17(18)13-28-22(27)16-12-21(14-8-10-25-11-9-14)26-20-7-2-1-4-15(16)20/h1-12H,13H2. The smallest absolute Gasteiger partial charge is 0.339 e. The van der Waals surface area contributed by atoms with Crippen molar-refractivity contribution in [2.45, 2.75) is 6.61 Å². The second-order valence-corrected chi connectivity index (χ2v) is 6.90. The predicted octanol–water partition coefficient (Wildman–Crippen LogP) is 5.96. The van der Waals surface area contributed by atoms with Crippen molar-refractivity contribution in [2.24, 2.45) is 0 Å². The normalized spacial score (nSPS) is 10.8. The third-order valence-electron chi connectivity index (χ3n) is 4.32. The third-order valence-corrected chi connectivity index (χ3v) is 5.03. The van der Waals surface area contributed by atoms with E-state index in [9.17, 15) is 4.79 Å². The first-order chi connectivity index (χ1) is 13.6. The SMILES string of the molecule is O=C(OCc1c(Cl)cccc1Cl)c1cc(-c2ccncc2)nc2ccccc12. The molecule has 0 unspecified atom stereocenters. The van der Waals surface area contributed by atoms with Crippen molar-refractivity contribution in [1.82, 2.24) is 9.97 Å². The molecule has 4 rings (SSSR count). The zero-order valence-corrected chi connectivity index (χ0v) is 16.1. The van der Waals surface area contributed by atoms with Crippen LogP contribution >= 0.6 is 23.2 Å². The lowest BCUT2D eigenvalue weighted by Gasteiger charge is -2.11. The van der Waals surface area contributed by atoms with E-state index in [0.29, 0.717) is 32.4 Å². The van der Waals surface area contributed by atoms with Gasteiger partial charge in [-0.05, 0) is 36.4 Å². The van der Waals surface area contributed by atoms with Crippen LogP contribution in [0.3, 0.4) is 0 Å². The number of esters is 1. The number of nitrogens with zero attached hydrogens (tertiary/aromatic N) is 2. The molecule has 4 aromatic rings. The Kier molecular flexibility index (Phi) is 5.24. The van der Waals surface area contributed by atoms with E-state index >= 15 is 0 Å². The van der Waals surface area contributed by atoms with Gasteiger partial charge in [-0.2, -0.15) is 0 Å². The van der Waals surface area contributed by atoms with E-state index in [1.165, 1.54) is 0 Å². The molecule has 0 N–H and O–H groups in total. The molecule has 0 aliphatic carbocycles. The molecule has 0 aliphatic rings. The highest BCUT2D eigenvalue weighted by atomic mass is 35.5. The summed E-state index contributed by atoms with van der Waals surface area (Å²) < 4.78 is 5.53. The second kappa shape index (κ2) is 7.97. The Labute approximate surface area is 171 Å². The van der Waals surface area contributed by atoms with Crippen molar-refractivity contribution < 1.29 is 9.53 Å². The Balaban J connectivity index is 1.71. The molecule has 6 heteroatoms. The number of fused-ring (bicyclic) bond motifs is 1. The van der Waals surface area contributed by atoms with Gasteiger partial charge in [-0.3, -0.25) is 4.98 Å². The molecule has 0 atom stereocenters. The molecule has 0 saturated carbocycles. The number of hydrogen-bond donors (Lipinski definition) is 0. The Morgan fingerprint density at radius 1 is 0.929 bits per heavy atom. The predicted molar refractivity (Wildman–Crippen MR) is 111 cm³/mol. The number of ether oxygens (including phenoxy) is 1. The Hall–Kier alpha value is -2.95. The van der Waals surface area contributed by atoms with Crippen LogP contribution in [0.1, 0.15) is 15.9 Å². The van der Waals surface area contributed by atoms with E-state index in [4.69, 9.17) is 27.9 Å². The van der Waals surface area contributed by atoms with E-state index in [-0.39, 0.29) is 6.61 Å². The summed E-state index contributed by atoms with van der Waals surface area (Å²) in [4.78, 5) is 21.6. The number of halogens is 2. The summed E-state index contributed by atoms with van der Waals surface area (Å²) in [7, 11) is 0. The number of carbonyl (C=O) groups excluding carboxylic acids is 1. The Morgan fingerprint density at radius 3 is 2.39 bits per heavy atom. The summed E-state index contributed by atoms with van der Waals surface area (Å²) >= 11 is 12.3. The van der Waals surface area contributed by atoms with Crippen molar-refractivity contribution in [3.63, 3.8) is 0 Å². The van der Waals surface area contributed by atoms with Crippen LogP contribution in [0.15, 0.2) is 73.1 Å². The molecule has 0 aliphatic heterocycles. The molecule has 0 saturated heterocycles. The van der Waals surface area contributed by atoms with Gasteiger partial charge in [0.05, 0.1) is 16.8 Å². The lowest BCUT2D eigenvalue weighted by Crippen LogP contribution is -2.07. The van der Waals surface area contributed by atoms with Gasteiger partial charge in [0, 0.05) is 39.0 Å². The Bertz CT molecular complexity index is 1140. The van der Waals surface area contributed by atoms with E-state index in [0.717, 1.165) is 10.9 Å². The average Bonchev–Trinajstić information content (AvgIpc) is 2.73. The van der Waals surface area contributed by atoms with Crippen LogP contribution in [-0.2, 0) is 11.3 Å². The van der Waals surface area contributed by atoms with Crippen molar-refractivity contribution in [3.8, 4) is 11.3 Å². The zero-order valence-electron chi connectivity index (χ0n) is 14.6. The summed E-state index contributed by atoms with van der Waals surface area (Å²) in [5, 5.41) is 1.63. The first-order valence-corrected chi connectivity index (χ1v) is 9.29. The van der Waals surface area contributed by atoms with Crippen molar-refractivity contribution in [1.29, 1.82) is 0 Å². The van der Waals surface area contributed by atoms with Crippen LogP contribution in [0.25, 0.3) is 22.2 Å². The largest absolute Gasteiger partial charge is 0.457 e. The first-order valence-electron chi connectivity index (χ1n) is 8.53. The van der Waals surface area contributed by atoms with Gasteiger partial charge in [-0.25, -0.2) is 9.78 Å². The quantitative estimate of drug-likeness (QED) is 0.390. The summed E-state index contributed by atoms with van der Waals surface area (Å²) in [5.74, 6) is -0.468. The number of para-hydroxylation sites is 1. The fraction of sp³-hybridized carbons (Fsp3) is 0.0455. The van der Waals surface area contributed by atoms with E-state index in [1.807, 2.05) is 36.4 Å². The lowest BCUT2D eigenvalue weighted by atomic mass is 10.0. The van der Waals surface area contributed by atoms with Gasteiger partial charge < -0.3 is 4.74 Å². The third kappa shape index (κ3) is 3.70. The Morgan fingerprint density at radius 2 is 1.64 bits per heavy atom. The maximum Gasteiger partial charge on any atom is 0.339 e. The molecule has 0 fully saturated rings. The molecule has 0 radical (unpaired) electrons. The van der Waals surface area contributed by atoms with Crippen molar-refractivity contribution >= 4 is 40.1 Å². The highest BCUT2D eigenvalue weighted by Gasteiger charge is 2.16. The van der Waals surface area contributed by atoms with Crippen LogP contribution in [0.4, 0.5) is 0 Å². The number of carbonyl (C=O) groups is 1. The topological polar surface area (TPSA) is 52.1 Å². The van der Waals surface area contributed by atoms with Crippen LogP contribution in [0.5, 0.6) is 0 Å². The molecule has 2 heterocycles. The molecule has 0 bridgehead atoms. The maximum absolute atomic E-state index is 12.9. The second-order valence-electron chi connectivity index (χ2n) is 6.08. The van der Waals surface area contributed by atoms with Gasteiger partial charge in [-0.1, -0.05) is 47.5 Å². The molecule has 2 aromatic heterocycles. The molecule has 4 nitrogen and oxygen atoms in total. The van der Waals surface area contributed by atoms with E-state index in [2.05, 4.69) is 9.97 Å². The minimum absolute atomic E-state index is 0.0153. The molecule has 28 heavy (non-hydrogen) atoms. The number of hydrogen-bond acceptors (Lipinski definition) is 4. The molecule has 0 spiro atoms. The average molecular weight is 409 g/mol. The van der Waals surface area contributed by atoms with Gasteiger partial charge >= 0.3 is 5.97 Å². The molecular formula is C22H14Cl2N2O2. The van der Waals surface area contributed by atoms with Gasteiger partial charge in [0.1, 0.15) is 6.61 Å². The fourth-order valence-corrected chi connectivity index (χ4v) is 3.41. The number of pyridine rings is 2. The number of aromatic nitrogens is 2. The van der Waals surface area contributed by atoms with E-state index < -0.39 is 5.97 Å². The van der Waals surface area contributed by atoms with Crippen LogP contribution < -0.4 is 0 Å². The molecular weight excluding hydrogens is 395 g/mol. The summed E-state index contributed by atoms with van der Waals surface area (Å²) in [6.07, 6.45) is 3.37. The minimum atomic E-state index is -0.468. The van der Waals surface area contributed by atoms with Gasteiger partial charge in [-0.15, -0.1) is 0 Å². The van der Waals surface area contributed by atoms with E-state index in [1.54, 1.807) is 36.7 Å². The van der Waals surface area contributed by atoms with Gasteiger partial charge in [0.15, 0.2) is 0 Å². The summed E-state index contributed by atoms with van der Waals surface area (Å²) in [6.45, 7) is -0.0153. The highest BCUT2D eigenvalue weighted by molar-refractivity contribution is 6.36. The number of rotatable bonds is 4. The molecule has 138 valence electrons. The zero-order chi connectivity index (χ0) is 19.5. The maximum atomic E-state index is 12.9. The van der Waals surface area contributed by atoms with Crippen molar-refractivity contribution in [2.75, 3.05) is 0 Å². The minimum Gasteiger partial charge on any atom is -0.457 e. The van der Waals surface area contributed by atoms with Crippen LogP contribution in [-0.4, -0.2) is 15.9 Å². The lowest BCUT2D eigenvalue weighted by molar-refractivity contribution is 0.0475. The van der Waals surface area contributed by atoms with Crippen LogP contribution in [0.2, 0.25) is 10.0 Å². The summed E-state index contributed by atoms with van der Waals surface area (Å²) in [6, 6.07) is 18.0. The van der Waals surface area contributed by atoms with Crippen LogP contribution in [0, 0.1) is 0 Å². The summed E-state index contributed by atoms with van der Waals surface area (Å²) in [5.41, 5.74) is 3.25. The first kappa shape index (κ1) is 18.4. The highest BCUT2D eigenvalue weighted by Crippen LogP contribution is 2.28. The number of benzene rings is 2.